The van der Waals surface area contributed by atoms with Crippen LogP contribution in [-0.4, -0.2) is 44.6 Å². The highest BCUT2D eigenvalue weighted by Crippen LogP contribution is 2.13. The Labute approximate surface area is 85.5 Å². The van der Waals surface area contributed by atoms with E-state index in [0.29, 0.717) is 0 Å². The van der Waals surface area contributed by atoms with Gasteiger partial charge in [-0.05, 0) is 20.8 Å². The molecule has 0 fully saturated rings. The third-order valence-corrected chi connectivity index (χ3v) is 3.97. The molecule has 1 atom stereocenters. The van der Waals surface area contributed by atoms with E-state index in [1.807, 2.05) is 0 Å². The van der Waals surface area contributed by atoms with E-state index in [1.54, 1.807) is 20.8 Å². The molecule has 14 heavy (non-hydrogen) atoms. The standard InChI is InChI=1S/C8H19NO4S/c1-8(2,3)14(11,12)9-7(5-10)6-13-4/h7,9-10H,5-6H2,1-4H3. The van der Waals surface area contributed by atoms with E-state index in [9.17, 15) is 8.42 Å². The molecular formula is C8H19NO4S. The third-order valence-electron chi connectivity index (χ3n) is 1.72. The molecule has 0 amide bonds. The van der Waals surface area contributed by atoms with Crippen LogP contribution < -0.4 is 4.72 Å². The number of aliphatic hydroxyl groups excluding tert-OH is 1. The van der Waals surface area contributed by atoms with Crippen molar-refractivity contribution in [2.45, 2.75) is 31.6 Å². The van der Waals surface area contributed by atoms with Crippen molar-refractivity contribution in [2.75, 3.05) is 20.3 Å². The van der Waals surface area contributed by atoms with Gasteiger partial charge in [-0.25, -0.2) is 13.1 Å². The van der Waals surface area contributed by atoms with Gasteiger partial charge in [0.15, 0.2) is 0 Å². The first-order valence-electron chi connectivity index (χ1n) is 4.36. The zero-order chi connectivity index (χ0) is 11.4. The monoisotopic (exact) mass is 225 g/mol. The van der Waals surface area contributed by atoms with Crippen molar-refractivity contribution in [3.05, 3.63) is 0 Å². The summed E-state index contributed by atoms with van der Waals surface area (Å²) in [6.07, 6.45) is 0. The molecule has 0 saturated heterocycles. The topological polar surface area (TPSA) is 75.6 Å². The Morgan fingerprint density at radius 2 is 1.93 bits per heavy atom. The van der Waals surface area contributed by atoms with Crippen LogP contribution >= 0.6 is 0 Å². The molecule has 5 nitrogen and oxygen atoms in total. The zero-order valence-corrected chi connectivity index (χ0v) is 9.89. The number of methoxy groups -OCH3 is 1. The molecule has 0 aliphatic rings. The lowest BCUT2D eigenvalue weighted by Gasteiger charge is -2.23. The van der Waals surface area contributed by atoms with Crippen LogP contribution in [0.1, 0.15) is 20.8 Å². The molecule has 0 heterocycles. The second kappa shape index (κ2) is 5.06. The molecule has 0 radical (unpaired) electrons. The fourth-order valence-electron chi connectivity index (χ4n) is 0.721. The largest absolute Gasteiger partial charge is 0.395 e. The van der Waals surface area contributed by atoms with Gasteiger partial charge in [0.05, 0.1) is 24.0 Å². The van der Waals surface area contributed by atoms with E-state index in [0.717, 1.165) is 0 Å². The Morgan fingerprint density at radius 3 is 2.21 bits per heavy atom. The quantitative estimate of drug-likeness (QED) is 0.674. The Morgan fingerprint density at radius 1 is 1.43 bits per heavy atom. The summed E-state index contributed by atoms with van der Waals surface area (Å²) in [7, 11) is -1.97. The Hall–Kier alpha value is -0.170. The van der Waals surface area contributed by atoms with Crippen molar-refractivity contribution < 1.29 is 18.3 Å². The van der Waals surface area contributed by atoms with E-state index < -0.39 is 20.8 Å². The fraction of sp³-hybridized carbons (Fsp3) is 1.00. The highest BCUT2D eigenvalue weighted by molar-refractivity contribution is 7.90. The maximum Gasteiger partial charge on any atom is 0.216 e. The summed E-state index contributed by atoms with van der Waals surface area (Å²) < 4.78 is 29.5. The van der Waals surface area contributed by atoms with Crippen molar-refractivity contribution in [1.29, 1.82) is 0 Å². The molecule has 1 unspecified atom stereocenters. The lowest BCUT2D eigenvalue weighted by Crippen LogP contribution is -2.47. The molecule has 2 N–H and O–H groups in total. The minimum Gasteiger partial charge on any atom is -0.395 e. The summed E-state index contributed by atoms with van der Waals surface area (Å²) in [5, 5.41) is 8.88. The van der Waals surface area contributed by atoms with Crippen LogP contribution in [0.5, 0.6) is 0 Å². The number of rotatable bonds is 5. The van der Waals surface area contributed by atoms with Gasteiger partial charge in [0.25, 0.3) is 0 Å². The first-order chi connectivity index (χ1) is 6.24. The van der Waals surface area contributed by atoms with E-state index in [2.05, 4.69) is 4.72 Å². The zero-order valence-electron chi connectivity index (χ0n) is 9.07. The lowest BCUT2D eigenvalue weighted by atomic mass is 10.3. The predicted octanol–water partition coefficient (Wildman–Crippen LogP) is -0.288. The molecule has 0 aliphatic heterocycles. The number of ether oxygens (including phenoxy) is 1. The Bertz CT molecular complexity index is 255. The van der Waals surface area contributed by atoms with Crippen LogP contribution in [0.2, 0.25) is 0 Å². The molecule has 86 valence electrons. The summed E-state index contributed by atoms with van der Waals surface area (Å²) in [6.45, 7) is 4.67. The van der Waals surface area contributed by atoms with Crippen LogP contribution in [0.3, 0.4) is 0 Å². The first-order valence-corrected chi connectivity index (χ1v) is 5.84. The average Bonchev–Trinajstić information content (AvgIpc) is 2.01. The van der Waals surface area contributed by atoms with E-state index in [-0.39, 0.29) is 13.2 Å². The van der Waals surface area contributed by atoms with Gasteiger partial charge in [0, 0.05) is 7.11 Å². The van der Waals surface area contributed by atoms with Crippen molar-refractivity contribution in [3.8, 4) is 0 Å². The van der Waals surface area contributed by atoms with Gasteiger partial charge in [-0.15, -0.1) is 0 Å². The number of hydrogen-bond acceptors (Lipinski definition) is 4. The molecule has 0 spiro atoms. The van der Waals surface area contributed by atoms with Gasteiger partial charge in [-0.1, -0.05) is 0 Å². The molecule has 0 bridgehead atoms. The van der Waals surface area contributed by atoms with Crippen molar-refractivity contribution in [2.24, 2.45) is 0 Å². The van der Waals surface area contributed by atoms with Gasteiger partial charge in [0.1, 0.15) is 0 Å². The minimum absolute atomic E-state index is 0.159. The van der Waals surface area contributed by atoms with Gasteiger partial charge >= 0.3 is 0 Å². The second-order valence-electron chi connectivity index (χ2n) is 4.07. The average molecular weight is 225 g/mol. The predicted molar refractivity (Wildman–Crippen MR) is 54.6 cm³/mol. The van der Waals surface area contributed by atoms with Gasteiger partial charge in [-0.2, -0.15) is 0 Å². The van der Waals surface area contributed by atoms with Gasteiger partial charge in [0.2, 0.25) is 10.0 Å². The first kappa shape index (κ1) is 13.8. The molecule has 0 aromatic heterocycles. The summed E-state index contributed by atoms with van der Waals surface area (Å²) in [6, 6.07) is -0.579. The highest BCUT2D eigenvalue weighted by Gasteiger charge is 2.30. The normalized spacial score (nSPS) is 15.5. The summed E-state index contributed by atoms with van der Waals surface area (Å²) in [5.74, 6) is 0. The number of nitrogens with one attached hydrogen (secondary N) is 1. The molecule has 0 aromatic carbocycles. The van der Waals surface area contributed by atoms with E-state index in [4.69, 9.17) is 9.84 Å². The molecule has 6 heteroatoms. The maximum absolute atomic E-state index is 11.6. The third kappa shape index (κ3) is 3.91. The van der Waals surface area contributed by atoms with Crippen LogP contribution in [0.4, 0.5) is 0 Å². The Balaban J connectivity index is 4.49. The number of hydrogen-bond donors (Lipinski definition) is 2. The fourth-order valence-corrected chi connectivity index (χ4v) is 1.66. The highest BCUT2D eigenvalue weighted by atomic mass is 32.2. The molecule has 0 saturated carbocycles. The summed E-state index contributed by atoms with van der Waals surface area (Å²) >= 11 is 0. The second-order valence-corrected chi connectivity index (χ2v) is 6.54. The van der Waals surface area contributed by atoms with Crippen molar-refractivity contribution in [1.82, 2.24) is 4.72 Å². The lowest BCUT2D eigenvalue weighted by molar-refractivity contribution is 0.138. The molecule has 0 aliphatic carbocycles. The van der Waals surface area contributed by atoms with Crippen LogP contribution in [-0.2, 0) is 14.8 Å². The van der Waals surface area contributed by atoms with Gasteiger partial charge < -0.3 is 9.84 Å². The summed E-state index contributed by atoms with van der Waals surface area (Å²) in [4.78, 5) is 0. The van der Waals surface area contributed by atoms with Crippen molar-refractivity contribution in [3.63, 3.8) is 0 Å². The molecule has 0 rings (SSSR count). The molecule has 0 aromatic rings. The van der Waals surface area contributed by atoms with Crippen LogP contribution in [0.15, 0.2) is 0 Å². The van der Waals surface area contributed by atoms with Gasteiger partial charge in [-0.3, -0.25) is 0 Å². The van der Waals surface area contributed by atoms with E-state index in [1.165, 1.54) is 7.11 Å². The number of aliphatic hydroxyl groups is 1. The maximum atomic E-state index is 11.6. The minimum atomic E-state index is -3.42. The summed E-state index contributed by atoms with van der Waals surface area (Å²) in [5.41, 5.74) is 0. The van der Waals surface area contributed by atoms with Crippen molar-refractivity contribution >= 4 is 10.0 Å². The van der Waals surface area contributed by atoms with Crippen LogP contribution in [0, 0.1) is 0 Å². The molecular weight excluding hydrogens is 206 g/mol. The smallest absolute Gasteiger partial charge is 0.216 e. The Kier molecular flexibility index (Phi) is 5.00. The number of sulfonamides is 1. The van der Waals surface area contributed by atoms with Crippen LogP contribution in [0.25, 0.3) is 0 Å². The van der Waals surface area contributed by atoms with E-state index >= 15 is 0 Å². The SMILES string of the molecule is COCC(CO)NS(=O)(=O)C(C)(C)C.